The van der Waals surface area contributed by atoms with Crippen molar-refractivity contribution in [3.8, 4) is 0 Å². The van der Waals surface area contributed by atoms with Crippen LogP contribution in [-0.4, -0.2) is 35.5 Å². The zero-order valence-corrected chi connectivity index (χ0v) is 9.47. The maximum atomic E-state index is 4.43. The van der Waals surface area contributed by atoms with E-state index in [1.165, 1.54) is 24.4 Å². The lowest BCUT2D eigenvalue weighted by Crippen LogP contribution is -2.36. The fraction of sp³-hybridized carbons (Fsp3) is 0.778. The highest BCUT2D eigenvalue weighted by atomic mass is 32.1. The fourth-order valence-corrected chi connectivity index (χ4v) is 2.71. The summed E-state index contributed by atoms with van der Waals surface area (Å²) in [6, 6.07) is 0.604. The number of likely N-dealkylation sites (N-methyl/N-ethyl adjacent to an activating group) is 1. The van der Waals surface area contributed by atoms with Crippen LogP contribution in [0, 0.1) is 6.92 Å². The van der Waals surface area contributed by atoms with E-state index in [1.54, 1.807) is 0 Å². The van der Waals surface area contributed by atoms with Gasteiger partial charge in [0.05, 0.1) is 0 Å². The lowest BCUT2D eigenvalue weighted by molar-refractivity contribution is 0.614. The first-order valence-electron chi connectivity index (χ1n) is 5.03. The molecule has 14 heavy (non-hydrogen) atoms. The monoisotopic (exact) mass is 212 g/mol. The molecular formula is C9H16N4S. The first-order chi connectivity index (χ1) is 6.81. The number of anilines is 1. The Morgan fingerprint density at radius 1 is 1.64 bits per heavy atom. The predicted octanol–water partition coefficient (Wildman–Crippen LogP) is 1.03. The Hall–Kier alpha value is -0.680. The van der Waals surface area contributed by atoms with Crippen LogP contribution in [0.15, 0.2) is 0 Å². The summed E-state index contributed by atoms with van der Waals surface area (Å²) in [7, 11) is 2.00. The van der Waals surface area contributed by atoms with Crippen LogP contribution in [0.25, 0.3) is 0 Å². The van der Waals surface area contributed by atoms with E-state index >= 15 is 0 Å². The van der Waals surface area contributed by atoms with Crippen LogP contribution in [0.4, 0.5) is 5.13 Å². The zero-order chi connectivity index (χ0) is 9.97. The van der Waals surface area contributed by atoms with Gasteiger partial charge in [0, 0.05) is 30.7 Å². The van der Waals surface area contributed by atoms with Crippen molar-refractivity contribution in [2.24, 2.45) is 0 Å². The molecular weight excluding hydrogens is 196 g/mol. The minimum atomic E-state index is 0.604. The number of hydrogen-bond donors (Lipinski definition) is 1. The molecule has 1 aromatic rings. The maximum absolute atomic E-state index is 4.43. The van der Waals surface area contributed by atoms with Crippen LogP contribution in [0.3, 0.4) is 0 Å². The van der Waals surface area contributed by atoms with Gasteiger partial charge >= 0.3 is 0 Å². The molecule has 78 valence electrons. The Labute approximate surface area is 88.5 Å². The third kappa shape index (κ3) is 1.88. The van der Waals surface area contributed by atoms with Crippen LogP contribution >= 0.6 is 11.5 Å². The summed E-state index contributed by atoms with van der Waals surface area (Å²) in [5.41, 5.74) is 0. The van der Waals surface area contributed by atoms with Crippen molar-refractivity contribution in [2.75, 3.05) is 25.0 Å². The average molecular weight is 212 g/mol. The Morgan fingerprint density at radius 3 is 3.14 bits per heavy atom. The number of aryl methyl sites for hydroxylation is 1. The SMILES string of the molecule is CNCC1CCCN1c1nc(C)ns1. The molecule has 0 aliphatic carbocycles. The summed E-state index contributed by atoms with van der Waals surface area (Å²) in [5.74, 6) is 0.889. The number of aromatic nitrogens is 2. The van der Waals surface area contributed by atoms with E-state index in [-0.39, 0.29) is 0 Å². The number of nitrogens with zero attached hydrogens (tertiary/aromatic N) is 3. The predicted molar refractivity (Wildman–Crippen MR) is 58.9 cm³/mol. The normalized spacial score (nSPS) is 21.9. The first kappa shape index (κ1) is 9.86. The highest BCUT2D eigenvalue weighted by Crippen LogP contribution is 2.26. The molecule has 1 saturated heterocycles. The number of nitrogens with one attached hydrogen (secondary N) is 1. The van der Waals surface area contributed by atoms with Crippen LogP contribution < -0.4 is 10.2 Å². The topological polar surface area (TPSA) is 41.0 Å². The molecule has 0 aromatic carbocycles. The van der Waals surface area contributed by atoms with Crippen LogP contribution in [0.2, 0.25) is 0 Å². The average Bonchev–Trinajstić information content (AvgIpc) is 2.74. The molecule has 0 spiro atoms. The summed E-state index contributed by atoms with van der Waals surface area (Å²) in [6.07, 6.45) is 2.53. The van der Waals surface area contributed by atoms with Gasteiger partial charge in [0.15, 0.2) is 0 Å². The van der Waals surface area contributed by atoms with Gasteiger partial charge in [-0.05, 0) is 26.8 Å². The van der Waals surface area contributed by atoms with Crippen molar-refractivity contribution in [2.45, 2.75) is 25.8 Å². The summed E-state index contributed by atoms with van der Waals surface area (Å²) < 4.78 is 4.22. The van der Waals surface area contributed by atoms with E-state index in [1.807, 2.05) is 14.0 Å². The van der Waals surface area contributed by atoms with Gasteiger partial charge in [-0.1, -0.05) is 0 Å². The maximum Gasteiger partial charge on any atom is 0.205 e. The molecule has 0 bridgehead atoms. The standard InChI is InChI=1S/C9H16N4S/c1-7-11-9(14-12-7)13-5-3-4-8(13)6-10-2/h8,10H,3-6H2,1-2H3. The van der Waals surface area contributed by atoms with Crippen molar-refractivity contribution < 1.29 is 0 Å². The van der Waals surface area contributed by atoms with Crippen molar-refractivity contribution in [3.63, 3.8) is 0 Å². The third-order valence-electron chi connectivity index (χ3n) is 2.58. The summed E-state index contributed by atoms with van der Waals surface area (Å²) in [4.78, 5) is 6.81. The van der Waals surface area contributed by atoms with Gasteiger partial charge in [-0.25, -0.2) is 4.98 Å². The van der Waals surface area contributed by atoms with Gasteiger partial charge in [-0.15, -0.1) is 0 Å². The molecule has 1 unspecified atom stereocenters. The summed E-state index contributed by atoms with van der Waals surface area (Å²) >= 11 is 1.51. The molecule has 1 fully saturated rings. The minimum absolute atomic E-state index is 0.604. The molecule has 0 radical (unpaired) electrons. The third-order valence-corrected chi connectivity index (χ3v) is 3.42. The summed E-state index contributed by atoms with van der Waals surface area (Å²) in [6.45, 7) is 4.11. The van der Waals surface area contributed by atoms with Gasteiger partial charge in [0.25, 0.3) is 0 Å². The first-order valence-corrected chi connectivity index (χ1v) is 5.80. The minimum Gasteiger partial charge on any atom is -0.343 e. The van der Waals surface area contributed by atoms with Crippen LogP contribution in [-0.2, 0) is 0 Å². The van der Waals surface area contributed by atoms with Gasteiger partial charge < -0.3 is 10.2 Å². The van der Waals surface area contributed by atoms with E-state index in [4.69, 9.17) is 0 Å². The van der Waals surface area contributed by atoms with Crippen molar-refractivity contribution in [3.05, 3.63) is 5.82 Å². The largest absolute Gasteiger partial charge is 0.343 e. The van der Waals surface area contributed by atoms with E-state index in [2.05, 4.69) is 19.6 Å². The number of hydrogen-bond acceptors (Lipinski definition) is 5. The molecule has 1 N–H and O–H groups in total. The molecule has 1 aliphatic rings. The molecule has 1 atom stereocenters. The molecule has 1 aliphatic heterocycles. The Bertz CT molecular complexity index is 299. The van der Waals surface area contributed by atoms with Gasteiger partial charge in [0.2, 0.25) is 5.13 Å². The van der Waals surface area contributed by atoms with Crippen molar-refractivity contribution in [1.82, 2.24) is 14.7 Å². The van der Waals surface area contributed by atoms with Crippen LogP contribution in [0.1, 0.15) is 18.7 Å². The van der Waals surface area contributed by atoms with Crippen LogP contribution in [0.5, 0.6) is 0 Å². The Kier molecular flexibility index (Phi) is 2.98. The quantitative estimate of drug-likeness (QED) is 0.812. The Morgan fingerprint density at radius 2 is 2.50 bits per heavy atom. The van der Waals surface area contributed by atoms with Crippen molar-refractivity contribution >= 4 is 16.7 Å². The lowest BCUT2D eigenvalue weighted by Gasteiger charge is -2.22. The zero-order valence-electron chi connectivity index (χ0n) is 8.66. The second-order valence-electron chi connectivity index (χ2n) is 3.67. The molecule has 1 aromatic heterocycles. The molecule has 4 nitrogen and oxygen atoms in total. The van der Waals surface area contributed by atoms with E-state index < -0.39 is 0 Å². The van der Waals surface area contributed by atoms with E-state index in [0.29, 0.717) is 6.04 Å². The second-order valence-corrected chi connectivity index (χ2v) is 4.40. The highest BCUT2D eigenvalue weighted by Gasteiger charge is 2.26. The molecule has 0 saturated carbocycles. The molecule has 5 heteroatoms. The highest BCUT2D eigenvalue weighted by molar-refractivity contribution is 7.09. The van der Waals surface area contributed by atoms with E-state index in [0.717, 1.165) is 24.0 Å². The molecule has 2 rings (SSSR count). The van der Waals surface area contributed by atoms with Gasteiger partial charge in [0.1, 0.15) is 5.82 Å². The summed E-state index contributed by atoms with van der Waals surface area (Å²) in [5, 5.41) is 4.31. The van der Waals surface area contributed by atoms with E-state index in [9.17, 15) is 0 Å². The second kappa shape index (κ2) is 4.23. The van der Waals surface area contributed by atoms with Gasteiger partial charge in [-0.3, -0.25) is 0 Å². The van der Waals surface area contributed by atoms with Gasteiger partial charge in [-0.2, -0.15) is 4.37 Å². The van der Waals surface area contributed by atoms with Crippen molar-refractivity contribution in [1.29, 1.82) is 0 Å². The molecule has 0 amide bonds. The Balaban J connectivity index is 2.09. The number of rotatable bonds is 3. The fourth-order valence-electron chi connectivity index (χ4n) is 1.94. The molecule has 2 heterocycles. The lowest BCUT2D eigenvalue weighted by atomic mass is 10.2. The smallest absolute Gasteiger partial charge is 0.205 e.